The smallest absolute Gasteiger partial charge is 0.344 e. The molecule has 0 spiro atoms. The molecule has 0 radical (unpaired) electrons. The number of esters is 1. The van der Waals surface area contributed by atoms with Crippen LogP contribution in [-0.2, 0) is 9.53 Å². The Bertz CT molecular complexity index is 1020. The molecule has 0 aliphatic carbocycles. The zero-order valence-corrected chi connectivity index (χ0v) is 14.2. The number of hydrogen-bond acceptors (Lipinski definition) is 5. The fourth-order valence-corrected chi connectivity index (χ4v) is 3.22. The van der Waals surface area contributed by atoms with Crippen molar-refractivity contribution in [1.29, 1.82) is 0 Å². The Balaban J connectivity index is 1.89. The second-order valence-electron chi connectivity index (χ2n) is 5.82. The van der Waals surface area contributed by atoms with Crippen LogP contribution in [0.5, 0.6) is 17.2 Å². The number of aldehydes is 1. The summed E-state index contributed by atoms with van der Waals surface area (Å²) in [6, 6.07) is 14.9. The third-order valence-electron chi connectivity index (χ3n) is 4.29. The van der Waals surface area contributed by atoms with E-state index in [0.717, 1.165) is 28.5 Å². The van der Waals surface area contributed by atoms with Crippen molar-refractivity contribution in [2.45, 2.75) is 6.92 Å². The first kappa shape index (κ1) is 16.1. The van der Waals surface area contributed by atoms with Crippen LogP contribution in [-0.4, -0.2) is 25.5 Å². The van der Waals surface area contributed by atoms with Gasteiger partial charge in [-0.05, 0) is 42.8 Å². The van der Waals surface area contributed by atoms with Gasteiger partial charge in [-0.15, -0.1) is 0 Å². The van der Waals surface area contributed by atoms with Crippen LogP contribution in [0.4, 0.5) is 0 Å². The normalized spacial score (nSPS) is 11.4. The number of benzene rings is 3. The highest BCUT2D eigenvalue weighted by Gasteiger charge is 2.23. The Hall–Kier alpha value is -3.34. The van der Waals surface area contributed by atoms with Gasteiger partial charge in [0.05, 0.1) is 6.61 Å². The van der Waals surface area contributed by atoms with E-state index >= 15 is 0 Å². The molecule has 1 aliphatic rings. The molecular weight excluding hydrogens is 332 g/mol. The molecule has 0 saturated carbocycles. The lowest BCUT2D eigenvalue weighted by Crippen LogP contribution is -2.15. The lowest BCUT2D eigenvalue weighted by Gasteiger charge is -2.23. The van der Waals surface area contributed by atoms with Gasteiger partial charge in [-0.1, -0.05) is 18.2 Å². The summed E-state index contributed by atoms with van der Waals surface area (Å²) in [5.74, 6) is 1.41. The molecule has 3 aromatic rings. The second-order valence-corrected chi connectivity index (χ2v) is 5.82. The quantitative estimate of drug-likeness (QED) is 0.396. The maximum atomic E-state index is 11.6. The molecule has 130 valence electrons. The molecule has 0 aromatic heterocycles. The van der Waals surface area contributed by atoms with E-state index in [9.17, 15) is 9.59 Å². The molecule has 3 aromatic carbocycles. The van der Waals surface area contributed by atoms with Crippen LogP contribution in [0.25, 0.3) is 21.9 Å². The molecule has 26 heavy (non-hydrogen) atoms. The highest BCUT2D eigenvalue weighted by molar-refractivity contribution is 6.12. The maximum Gasteiger partial charge on any atom is 0.344 e. The number of para-hydroxylation sites is 1. The SMILES string of the molecule is CCOC(=O)COc1ccc2c3c(ccc(C=O)c13)Oc1ccccc1-2. The third kappa shape index (κ3) is 2.58. The van der Waals surface area contributed by atoms with Gasteiger partial charge in [0.2, 0.25) is 0 Å². The Morgan fingerprint density at radius 1 is 1.00 bits per heavy atom. The second kappa shape index (κ2) is 6.52. The summed E-state index contributed by atoms with van der Waals surface area (Å²) in [5.41, 5.74) is 2.39. The molecule has 0 bridgehead atoms. The van der Waals surface area contributed by atoms with Gasteiger partial charge in [0.15, 0.2) is 12.9 Å². The molecule has 0 amide bonds. The van der Waals surface area contributed by atoms with Gasteiger partial charge in [-0.3, -0.25) is 4.79 Å². The summed E-state index contributed by atoms with van der Waals surface area (Å²) in [5, 5.41) is 1.43. The number of rotatable bonds is 5. The minimum absolute atomic E-state index is 0.220. The summed E-state index contributed by atoms with van der Waals surface area (Å²) in [7, 11) is 0. The highest BCUT2D eigenvalue weighted by Crippen LogP contribution is 2.49. The summed E-state index contributed by atoms with van der Waals surface area (Å²) < 4.78 is 16.6. The van der Waals surface area contributed by atoms with E-state index in [1.54, 1.807) is 25.1 Å². The van der Waals surface area contributed by atoms with Gasteiger partial charge in [-0.2, -0.15) is 0 Å². The lowest BCUT2D eigenvalue weighted by molar-refractivity contribution is -0.145. The number of fused-ring (bicyclic) bond motifs is 2. The summed E-state index contributed by atoms with van der Waals surface area (Å²) in [6.07, 6.45) is 0.778. The fraction of sp³-hybridized carbons (Fsp3) is 0.143. The zero-order valence-electron chi connectivity index (χ0n) is 14.2. The Kier molecular flexibility index (Phi) is 4.05. The van der Waals surface area contributed by atoms with Gasteiger partial charge in [0.1, 0.15) is 17.2 Å². The molecule has 0 atom stereocenters. The van der Waals surface area contributed by atoms with E-state index in [4.69, 9.17) is 14.2 Å². The van der Waals surface area contributed by atoms with Crippen LogP contribution < -0.4 is 9.47 Å². The van der Waals surface area contributed by atoms with Crippen LogP contribution in [0.3, 0.4) is 0 Å². The van der Waals surface area contributed by atoms with Crippen molar-refractivity contribution in [3.8, 4) is 28.4 Å². The summed E-state index contributed by atoms with van der Waals surface area (Å²) >= 11 is 0. The third-order valence-corrected chi connectivity index (χ3v) is 4.29. The Morgan fingerprint density at radius 3 is 2.65 bits per heavy atom. The Morgan fingerprint density at radius 2 is 1.85 bits per heavy atom. The van der Waals surface area contributed by atoms with Crippen molar-refractivity contribution < 1.29 is 23.8 Å². The maximum absolute atomic E-state index is 11.6. The monoisotopic (exact) mass is 348 g/mol. The molecule has 0 N–H and O–H groups in total. The van der Waals surface area contributed by atoms with E-state index in [1.807, 2.05) is 30.3 Å². The van der Waals surface area contributed by atoms with Crippen molar-refractivity contribution in [1.82, 2.24) is 0 Å². The molecule has 5 nitrogen and oxygen atoms in total. The molecule has 0 fully saturated rings. The van der Waals surface area contributed by atoms with Gasteiger partial charge >= 0.3 is 5.97 Å². The summed E-state index contributed by atoms with van der Waals surface area (Å²) in [6.45, 7) is 1.80. The molecule has 1 aliphatic heterocycles. The predicted octanol–water partition coefficient (Wildman–Crippen LogP) is 4.37. The number of ether oxygens (including phenoxy) is 3. The summed E-state index contributed by atoms with van der Waals surface area (Å²) in [4.78, 5) is 23.2. The topological polar surface area (TPSA) is 61.8 Å². The van der Waals surface area contributed by atoms with Crippen LogP contribution in [0, 0.1) is 0 Å². The standard InChI is InChI=1S/C21H16O5/c1-2-24-19(23)12-25-17-10-8-15-14-5-3-4-6-16(14)26-18-9-7-13(11-22)20(17)21(15)18/h3-11H,2,12H2,1H3. The molecule has 0 unspecified atom stereocenters. The number of hydrogen-bond donors (Lipinski definition) is 0. The van der Waals surface area contributed by atoms with E-state index in [1.165, 1.54) is 0 Å². The molecule has 1 heterocycles. The minimum atomic E-state index is -0.456. The van der Waals surface area contributed by atoms with Crippen LogP contribution in [0.15, 0.2) is 48.5 Å². The van der Waals surface area contributed by atoms with E-state index < -0.39 is 5.97 Å². The molecule has 5 heteroatoms. The van der Waals surface area contributed by atoms with E-state index in [0.29, 0.717) is 22.4 Å². The van der Waals surface area contributed by atoms with Crippen molar-refractivity contribution in [2.24, 2.45) is 0 Å². The molecular formula is C21H16O5. The first-order valence-corrected chi connectivity index (χ1v) is 8.33. The van der Waals surface area contributed by atoms with E-state index in [2.05, 4.69) is 0 Å². The van der Waals surface area contributed by atoms with E-state index in [-0.39, 0.29) is 13.2 Å². The predicted molar refractivity (Wildman–Crippen MR) is 97.0 cm³/mol. The van der Waals surface area contributed by atoms with Gasteiger partial charge in [0, 0.05) is 21.9 Å². The first-order valence-electron chi connectivity index (χ1n) is 8.33. The fourth-order valence-electron chi connectivity index (χ4n) is 3.22. The van der Waals surface area contributed by atoms with Crippen LogP contribution >= 0.6 is 0 Å². The van der Waals surface area contributed by atoms with Crippen molar-refractivity contribution in [3.63, 3.8) is 0 Å². The first-order chi connectivity index (χ1) is 12.7. The number of carbonyl (C=O) groups is 2. The highest BCUT2D eigenvalue weighted by atomic mass is 16.6. The lowest BCUT2D eigenvalue weighted by atomic mass is 9.92. The largest absolute Gasteiger partial charge is 0.481 e. The van der Waals surface area contributed by atoms with Gasteiger partial charge in [-0.25, -0.2) is 4.79 Å². The Labute approximate surface area is 150 Å². The molecule has 0 saturated heterocycles. The van der Waals surface area contributed by atoms with Crippen LogP contribution in [0.1, 0.15) is 17.3 Å². The minimum Gasteiger partial charge on any atom is -0.481 e. The van der Waals surface area contributed by atoms with Crippen molar-refractivity contribution in [2.75, 3.05) is 13.2 Å². The van der Waals surface area contributed by atoms with Crippen molar-refractivity contribution in [3.05, 3.63) is 54.1 Å². The molecule has 4 rings (SSSR count). The average molecular weight is 348 g/mol. The van der Waals surface area contributed by atoms with Crippen molar-refractivity contribution >= 4 is 23.0 Å². The van der Waals surface area contributed by atoms with Crippen LogP contribution in [0.2, 0.25) is 0 Å². The zero-order chi connectivity index (χ0) is 18.1. The van der Waals surface area contributed by atoms with Gasteiger partial charge in [0.25, 0.3) is 0 Å². The average Bonchev–Trinajstić information content (AvgIpc) is 2.67. The number of carbonyl (C=O) groups excluding carboxylic acids is 2. The van der Waals surface area contributed by atoms with Gasteiger partial charge < -0.3 is 14.2 Å².